The first kappa shape index (κ1) is 11.0. The van der Waals surface area contributed by atoms with Gasteiger partial charge in [-0.1, -0.05) is 43.0 Å². The van der Waals surface area contributed by atoms with Crippen LogP contribution in [0, 0.1) is 0 Å². The molecular weight excluding hydrogens is 250 g/mol. The van der Waals surface area contributed by atoms with Crippen LogP contribution in [-0.2, 0) is 0 Å². The molecule has 0 fully saturated rings. The van der Waals surface area contributed by atoms with Gasteiger partial charge in [0.05, 0.1) is 16.6 Å². The van der Waals surface area contributed by atoms with Gasteiger partial charge in [0.2, 0.25) is 0 Å². The van der Waals surface area contributed by atoms with Gasteiger partial charge in [-0.05, 0) is 12.1 Å². The molecule has 1 aliphatic rings. The summed E-state index contributed by atoms with van der Waals surface area (Å²) in [4.78, 5) is 17.2. The predicted octanol–water partition coefficient (Wildman–Crippen LogP) is 2.59. The molecule has 3 aromatic rings. The van der Waals surface area contributed by atoms with E-state index in [-0.39, 0.29) is 5.56 Å². The van der Waals surface area contributed by atoms with Crippen LogP contribution in [0.3, 0.4) is 0 Å². The van der Waals surface area contributed by atoms with Crippen LogP contribution in [0.5, 0.6) is 0 Å². The third-order valence-corrected chi connectivity index (χ3v) is 3.52. The summed E-state index contributed by atoms with van der Waals surface area (Å²) in [5.41, 5.74) is 6.20. The van der Waals surface area contributed by atoms with Crippen molar-refractivity contribution in [2.45, 2.75) is 0 Å². The molecule has 0 aliphatic carbocycles. The normalized spacial score (nSPS) is 12.7. The first-order chi connectivity index (χ1) is 9.75. The lowest BCUT2D eigenvalue weighted by Crippen LogP contribution is -2.33. The van der Waals surface area contributed by atoms with Gasteiger partial charge in [0.25, 0.3) is 5.56 Å². The maximum atomic E-state index is 12.5. The molecule has 96 valence electrons. The lowest BCUT2D eigenvalue weighted by atomic mass is 10.0. The van der Waals surface area contributed by atoms with Gasteiger partial charge in [-0.25, -0.2) is 9.66 Å². The molecule has 0 saturated carbocycles. The van der Waals surface area contributed by atoms with E-state index in [9.17, 15) is 4.79 Å². The number of aromatic nitrogens is 2. The summed E-state index contributed by atoms with van der Waals surface area (Å²) < 4.78 is 1.47. The van der Waals surface area contributed by atoms with Crippen LogP contribution >= 0.6 is 0 Å². The van der Waals surface area contributed by atoms with E-state index in [0.717, 1.165) is 11.1 Å². The Kier molecular flexibility index (Phi) is 2.09. The van der Waals surface area contributed by atoms with Gasteiger partial charge in [0, 0.05) is 11.1 Å². The van der Waals surface area contributed by atoms with E-state index in [0.29, 0.717) is 22.4 Å². The third-order valence-electron chi connectivity index (χ3n) is 3.52. The Hall–Kier alpha value is -2.88. The molecule has 0 saturated heterocycles. The minimum Gasteiger partial charge on any atom is -0.290 e. The van der Waals surface area contributed by atoms with Gasteiger partial charge in [0.15, 0.2) is 5.82 Å². The highest BCUT2D eigenvalue weighted by Gasteiger charge is 2.21. The largest absolute Gasteiger partial charge is 0.290 e. The van der Waals surface area contributed by atoms with Gasteiger partial charge < -0.3 is 0 Å². The second kappa shape index (κ2) is 3.81. The minimum atomic E-state index is -0.110. The van der Waals surface area contributed by atoms with Crippen molar-refractivity contribution in [1.29, 1.82) is 0 Å². The summed E-state index contributed by atoms with van der Waals surface area (Å²) in [6.45, 7) is 3.98. The van der Waals surface area contributed by atoms with Crippen molar-refractivity contribution in [3.8, 4) is 11.4 Å². The zero-order chi connectivity index (χ0) is 13.7. The highest BCUT2D eigenvalue weighted by Crippen LogP contribution is 2.30. The summed E-state index contributed by atoms with van der Waals surface area (Å²) >= 11 is 0. The van der Waals surface area contributed by atoms with Crippen LogP contribution in [0.1, 0.15) is 5.56 Å². The third kappa shape index (κ3) is 1.36. The number of hydrogen-bond acceptors (Lipinski definition) is 3. The molecule has 0 atom stereocenters. The second-order valence-corrected chi connectivity index (χ2v) is 4.73. The van der Waals surface area contributed by atoms with Gasteiger partial charge in [0.1, 0.15) is 0 Å². The van der Waals surface area contributed by atoms with E-state index in [4.69, 9.17) is 0 Å². The Morgan fingerprint density at radius 3 is 2.55 bits per heavy atom. The van der Waals surface area contributed by atoms with Crippen LogP contribution in [0.4, 0.5) is 0 Å². The number of nitrogens with one attached hydrogen (secondary N) is 1. The van der Waals surface area contributed by atoms with Crippen molar-refractivity contribution in [1.82, 2.24) is 9.66 Å². The summed E-state index contributed by atoms with van der Waals surface area (Å²) in [6, 6.07) is 15.1. The van der Waals surface area contributed by atoms with Gasteiger partial charge >= 0.3 is 0 Å². The molecule has 4 heteroatoms. The monoisotopic (exact) mass is 261 g/mol. The van der Waals surface area contributed by atoms with Crippen molar-refractivity contribution < 1.29 is 0 Å². The fourth-order valence-corrected chi connectivity index (χ4v) is 2.55. The number of benzene rings is 2. The zero-order valence-corrected chi connectivity index (χ0v) is 10.6. The van der Waals surface area contributed by atoms with E-state index < -0.39 is 0 Å². The van der Waals surface area contributed by atoms with E-state index >= 15 is 0 Å². The lowest BCUT2D eigenvalue weighted by Gasteiger charge is -2.24. The Bertz CT molecular complexity index is 924. The first-order valence-electron chi connectivity index (χ1n) is 6.33. The molecule has 2 heterocycles. The number of fused-ring (bicyclic) bond motifs is 4. The van der Waals surface area contributed by atoms with Crippen molar-refractivity contribution >= 4 is 16.6 Å². The molecule has 4 nitrogen and oxygen atoms in total. The second-order valence-electron chi connectivity index (χ2n) is 4.73. The molecule has 0 spiro atoms. The standard InChI is InChI=1S/C16H11N3O/c1-10-11-6-2-3-7-12(11)15-17-14-9-5-4-8-13(14)16(20)19(15)18-10/h2-9,18H,1H2. The van der Waals surface area contributed by atoms with Gasteiger partial charge in [-0.3, -0.25) is 10.2 Å². The van der Waals surface area contributed by atoms with Crippen LogP contribution in [-0.4, -0.2) is 9.66 Å². The Labute approximate surface area is 115 Å². The van der Waals surface area contributed by atoms with E-state index in [1.54, 1.807) is 6.07 Å². The van der Waals surface area contributed by atoms with Crippen molar-refractivity contribution in [2.75, 3.05) is 5.43 Å². The molecule has 2 aromatic carbocycles. The molecule has 0 amide bonds. The average Bonchev–Trinajstić information content (AvgIpc) is 2.49. The molecule has 1 aliphatic heterocycles. The smallest absolute Gasteiger partial charge is 0.280 e. The topological polar surface area (TPSA) is 46.9 Å². The Morgan fingerprint density at radius 2 is 1.70 bits per heavy atom. The molecule has 0 unspecified atom stereocenters. The molecular formula is C16H11N3O. The predicted molar refractivity (Wildman–Crippen MR) is 79.8 cm³/mol. The molecule has 0 bridgehead atoms. The SMILES string of the molecule is C=C1Nn2c(nc3ccccc3c2=O)-c2ccccc21. The van der Waals surface area contributed by atoms with Gasteiger partial charge in [-0.2, -0.15) is 0 Å². The summed E-state index contributed by atoms with van der Waals surface area (Å²) in [5.74, 6) is 0.622. The Morgan fingerprint density at radius 1 is 1.00 bits per heavy atom. The maximum absolute atomic E-state index is 12.5. The van der Waals surface area contributed by atoms with E-state index in [2.05, 4.69) is 17.0 Å². The van der Waals surface area contributed by atoms with E-state index in [1.807, 2.05) is 42.5 Å². The molecule has 20 heavy (non-hydrogen) atoms. The van der Waals surface area contributed by atoms with Crippen molar-refractivity contribution in [2.24, 2.45) is 0 Å². The molecule has 1 N–H and O–H groups in total. The first-order valence-corrected chi connectivity index (χ1v) is 6.33. The molecule has 1 aromatic heterocycles. The fraction of sp³-hybridized carbons (Fsp3) is 0. The highest BCUT2D eigenvalue weighted by molar-refractivity contribution is 5.87. The van der Waals surface area contributed by atoms with Crippen LogP contribution in [0.15, 0.2) is 59.9 Å². The van der Waals surface area contributed by atoms with Crippen LogP contribution < -0.4 is 11.0 Å². The van der Waals surface area contributed by atoms with Crippen LogP contribution in [0.25, 0.3) is 28.0 Å². The lowest BCUT2D eigenvalue weighted by molar-refractivity contribution is 0.884. The quantitative estimate of drug-likeness (QED) is 0.676. The maximum Gasteiger partial charge on any atom is 0.280 e. The number of nitrogens with zero attached hydrogens (tertiary/aromatic N) is 2. The fourth-order valence-electron chi connectivity index (χ4n) is 2.55. The summed E-state index contributed by atoms with van der Waals surface area (Å²) in [5, 5.41) is 0.593. The summed E-state index contributed by atoms with van der Waals surface area (Å²) in [7, 11) is 0. The summed E-state index contributed by atoms with van der Waals surface area (Å²) in [6.07, 6.45) is 0. The average molecular weight is 261 g/mol. The highest BCUT2D eigenvalue weighted by atomic mass is 16.1. The number of hydrogen-bond donors (Lipinski definition) is 1. The van der Waals surface area contributed by atoms with E-state index in [1.165, 1.54) is 4.68 Å². The Balaban J connectivity index is 2.17. The number of para-hydroxylation sites is 1. The zero-order valence-electron chi connectivity index (χ0n) is 10.6. The number of rotatable bonds is 0. The molecule has 4 rings (SSSR count). The minimum absolute atomic E-state index is 0.110. The van der Waals surface area contributed by atoms with Crippen molar-refractivity contribution in [3.63, 3.8) is 0 Å². The van der Waals surface area contributed by atoms with Gasteiger partial charge in [-0.15, -0.1) is 0 Å². The van der Waals surface area contributed by atoms with Crippen LogP contribution in [0.2, 0.25) is 0 Å². The molecule has 0 radical (unpaired) electrons. The van der Waals surface area contributed by atoms with Crippen molar-refractivity contribution in [3.05, 3.63) is 71.0 Å².